The molecule has 144 valence electrons. The molecule has 0 aliphatic carbocycles. The maximum Gasteiger partial charge on any atom is 0.274 e. The summed E-state index contributed by atoms with van der Waals surface area (Å²) < 4.78 is 11.6. The van der Waals surface area contributed by atoms with Gasteiger partial charge < -0.3 is 14.4 Å². The number of ether oxygens (including phenoxy) is 2. The van der Waals surface area contributed by atoms with Gasteiger partial charge in [0.2, 0.25) is 0 Å². The Bertz CT molecular complexity index is 676. The molecule has 0 bridgehead atoms. The Labute approximate surface area is 160 Å². The fraction of sp³-hybridized carbons (Fsp3) is 0.556. The Balaban J connectivity index is 0.00000243. The van der Waals surface area contributed by atoms with E-state index in [1.165, 1.54) is 0 Å². The normalized spacial score (nSPS) is 25.2. The van der Waals surface area contributed by atoms with Gasteiger partial charge in [0.25, 0.3) is 11.8 Å². The lowest BCUT2D eigenvalue weighted by molar-refractivity contribution is -0.165. The average Bonchev–Trinajstić information content (AvgIpc) is 2.79. The molecular formula is C18H26N2O5S. The van der Waals surface area contributed by atoms with Crippen molar-refractivity contribution >= 4 is 25.3 Å². The predicted molar refractivity (Wildman–Crippen MR) is 99.8 cm³/mol. The van der Waals surface area contributed by atoms with E-state index in [1.807, 2.05) is 13.8 Å². The van der Waals surface area contributed by atoms with Gasteiger partial charge in [-0.05, 0) is 45.2 Å². The number of carbonyl (C=O) groups excluding carboxylic acids is 2. The highest BCUT2D eigenvalue weighted by molar-refractivity contribution is 7.59. The number of benzene rings is 1. The molecule has 1 aromatic carbocycles. The first-order chi connectivity index (χ1) is 11.9. The molecule has 0 saturated carbocycles. The van der Waals surface area contributed by atoms with Crippen molar-refractivity contribution in [3.05, 3.63) is 29.3 Å². The maximum absolute atomic E-state index is 13.1. The highest BCUT2D eigenvalue weighted by Crippen LogP contribution is 2.31. The van der Waals surface area contributed by atoms with Gasteiger partial charge in [0.05, 0.1) is 6.04 Å². The van der Waals surface area contributed by atoms with E-state index >= 15 is 0 Å². The number of nitrogens with one attached hydrogen (secondary N) is 1. The van der Waals surface area contributed by atoms with E-state index in [0.29, 0.717) is 31.1 Å². The van der Waals surface area contributed by atoms with Crippen molar-refractivity contribution < 1.29 is 24.3 Å². The van der Waals surface area contributed by atoms with Gasteiger partial charge in [-0.1, -0.05) is 6.07 Å². The molecule has 2 amide bonds. The molecule has 0 spiro atoms. The van der Waals surface area contributed by atoms with Gasteiger partial charge in [-0.15, -0.1) is 0 Å². The third-order valence-corrected chi connectivity index (χ3v) is 4.97. The predicted octanol–water partition coefficient (Wildman–Crippen LogP) is 1.99. The molecule has 26 heavy (non-hydrogen) atoms. The molecule has 2 aliphatic rings. The fourth-order valence-corrected chi connectivity index (χ4v) is 3.34. The van der Waals surface area contributed by atoms with E-state index in [4.69, 9.17) is 14.7 Å². The first-order valence-electron chi connectivity index (χ1n) is 8.60. The molecule has 2 N–H and O–H groups in total. The first kappa shape index (κ1) is 20.5. The first-order valence-corrected chi connectivity index (χ1v) is 8.60. The zero-order chi connectivity index (χ0) is 18.0. The molecule has 2 atom stereocenters. The Morgan fingerprint density at radius 3 is 2.77 bits per heavy atom. The van der Waals surface area contributed by atoms with Gasteiger partial charge in [0.1, 0.15) is 18.0 Å². The second-order valence-electron chi connectivity index (χ2n) is 6.89. The van der Waals surface area contributed by atoms with Crippen LogP contribution in [0.1, 0.15) is 49.0 Å². The number of hydroxylamine groups is 1. The summed E-state index contributed by atoms with van der Waals surface area (Å²) in [5.74, 6) is -0.0639. The van der Waals surface area contributed by atoms with Crippen LogP contribution in [0.3, 0.4) is 0 Å². The number of hydrogen-bond donors (Lipinski definition) is 2. The van der Waals surface area contributed by atoms with Gasteiger partial charge >= 0.3 is 0 Å². The van der Waals surface area contributed by atoms with Gasteiger partial charge in [0, 0.05) is 24.3 Å². The molecule has 1 saturated heterocycles. The molecule has 7 nitrogen and oxygen atoms in total. The smallest absolute Gasteiger partial charge is 0.274 e. The van der Waals surface area contributed by atoms with E-state index in [0.717, 1.165) is 24.8 Å². The van der Waals surface area contributed by atoms with Crippen molar-refractivity contribution in [2.75, 3.05) is 13.2 Å². The molecule has 2 aliphatic heterocycles. The molecule has 1 fully saturated rings. The summed E-state index contributed by atoms with van der Waals surface area (Å²) in [5.41, 5.74) is 1.96. The van der Waals surface area contributed by atoms with Crippen LogP contribution in [0.25, 0.3) is 0 Å². The standard InChI is InChI=1S/C18H24N2O5.H2S/c1-12-11-24-15-9-13(16(21)19-23)5-6-14(15)10-20(12)17(22)18(2)7-3-4-8-25-18;/h5-6,9,12,23H,3-4,7-8,10-11H2,1-2H3,(H,19,21);1H2/t12-,18?;/m0./s1. The molecule has 8 heteroatoms. The second-order valence-corrected chi connectivity index (χ2v) is 6.89. The molecular weight excluding hydrogens is 356 g/mol. The number of fused-ring (bicyclic) bond motifs is 1. The summed E-state index contributed by atoms with van der Waals surface area (Å²) in [6.45, 7) is 5.14. The minimum atomic E-state index is -0.784. The van der Waals surface area contributed by atoms with E-state index in [2.05, 4.69) is 0 Å². The van der Waals surface area contributed by atoms with E-state index in [-0.39, 0.29) is 25.4 Å². The lowest BCUT2D eigenvalue weighted by Crippen LogP contribution is -2.53. The third kappa shape index (κ3) is 3.97. The lowest BCUT2D eigenvalue weighted by Gasteiger charge is -2.38. The summed E-state index contributed by atoms with van der Waals surface area (Å²) in [7, 11) is 0. The molecule has 3 rings (SSSR count). The van der Waals surface area contributed by atoms with E-state index in [9.17, 15) is 9.59 Å². The minimum absolute atomic E-state index is 0. The van der Waals surface area contributed by atoms with Crippen molar-refractivity contribution in [1.29, 1.82) is 0 Å². The van der Waals surface area contributed by atoms with Crippen LogP contribution in [0, 0.1) is 0 Å². The van der Waals surface area contributed by atoms with Crippen LogP contribution < -0.4 is 10.2 Å². The second kappa shape index (κ2) is 8.28. The van der Waals surface area contributed by atoms with E-state index < -0.39 is 11.5 Å². The van der Waals surface area contributed by atoms with Gasteiger partial charge in [-0.25, -0.2) is 5.48 Å². The van der Waals surface area contributed by atoms with Gasteiger partial charge in [-0.2, -0.15) is 13.5 Å². The molecule has 2 heterocycles. The van der Waals surface area contributed by atoms with Crippen molar-refractivity contribution in [2.45, 2.75) is 51.3 Å². The Morgan fingerprint density at radius 1 is 1.35 bits per heavy atom. The molecule has 0 radical (unpaired) electrons. The Kier molecular flexibility index (Phi) is 6.54. The van der Waals surface area contributed by atoms with Gasteiger partial charge in [-0.3, -0.25) is 14.8 Å². The molecule has 1 aromatic rings. The van der Waals surface area contributed by atoms with Crippen LogP contribution in [0.2, 0.25) is 0 Å². The number of rotatable bonds is 2. The molecule has 1 unspecified atom stereocenters. The SMILES string of the molecule is C[C@H]1COc2cc(C(=O)NO)ccc2CN1C(=O)C1(C)CCCCO1.S. The summed E-state index contributed by atoms with van der Waals surface area (Å²) in [6, 6.07) is 4.82. The van der Waals surface area contributed by atoms with Crippen molar-refractivity contribution in [2.24, 2.45) is 0 Å². The summed E-state index contributed by atoms with van der Waals surface area (Å²) in [6.07, 6.45) is 2.69. The summed E-state index contributed by atoms with van der Waals surface area (Å²) >= 11 is 0. The van der Waals surface area contributed by atoms with Crippen LogP contribution in [0.4, 0.5) is 0 Å². The van der Waals surface area contributed by atoms with Crippen molar-refractivity contribution in [1.82, 2.24) is 10.4 Å². The van der Waals surface area contributed by atoms with Crippen LogP contribution in [-0.4, -0.2) is 46.8 Å². The van der Waals surface area contributed by atoms with Crippen molar-refractivity contribution in [3.63, 3.8) is 0 Å². The lowest BCUT2D eigenvalue weighted by atomic mass is 9.93. The maximum atomic E-state index is 13.1. The number of carbonyl (C=O) groups is 2. The highest BCUT2D eigenvalue weighted by atomic mass is 32.1. The van der Waals surface area contributed by atoms with Crippen molar-refractivity contribution in [3.8, 4) is 5.75 Å². The quantitative estimate of drug-likeness (QED) is 0.603. The van der Waals surface area contributed by atoms with Crippen LogP contribution in [0.5, 0.6) is 5.75 Å². The van der Waals surface area contributed by atoms with Crippen LogP contribution in [0.15, 0.2) is 18.2 Å². The van der Waals surface area contributed by atoms with Crippen LogP contribution in [-0.2, 0) is 16.1 Å². The zero-order valence-corrected chi connectivity index (χ0v) is 16.1. The van der Waals surface area contributed by atoms with Gasteiger partial charge in [0.15, 0.2) is 0 Å². The third-order valence-electron chi connectivity index (χ3n) is 4.97. The summed E-state index contributed by atoms with van der Waals surface area (Å²) in [4.78, 5) is 26.5. The molecule has 0 aromatic heterocycles. The fourth-order valence-electron chi connectivity index (χ4n) is 3.34. The van der Waals surface area contributed by atoms with E-state index in [1.54, 1.807) is 28.6 Å². The topological polar surface area (TPSA) is 88.1 Å². The number of hydrogen-bond acceptors (Lipinski definition) is 5. The highest BCUT2D eigenvalue weighted by Gasteiger charge is 2.41. The minimum Gasteiger partial charge on any atom is -0.491 e. The average molecular weight is 382 g/mol. The monoisotopic (exact) mass is 382 g/mol. The zero-order valence-electron chi connectivity index (χ0n) is 15.1. The number of nitrogens with zero attached hydrogens (tertiary/aromatic N) is 1. The Hall–Kier alpha value is -1.77. The van der Waals surface area contributed by atoms with Crippen LogP contribution >= 0.6 is 13.5 Å². The summed E-state index contributed by atoms with van der Waals surface area (Å²) in [5, 5.41) is 8.77. The number of amides is 2. The Morgan fingerprint density at radius 2 is 2.12 bits per heavy atom. The largest absolute Gasteiger partial charge is 0.491 e.